The molecule has 0 heterocycles. The zero-order valence-corrected chi connectivity index (χ0v) is 17.4. The third-order valence-corrected chi connectivity index (χ3v) is 4.46. The van der Waals surface area contributed by atoms with Crippen molar-refractivity contribution in [2.75, 3.05) is 0 Å². The van der Waals surface area contributed by atoms with E-state index in [1.165, 1.54) is 18.2 Å². The van der Waals surface area contributed by atoms with Gasteiger partial charge < -0.3 is 0 Å². The molecule has 0 aromatic carbocycles. The first-order valence-corrected chi connectivity index (χ1v) is 10.2. The van der Waals surface area contributed by atoms with Crippen LogP contribution in [-0.2, 0) is 4.79 Å². The second-order valence-electron chi connectivity index (χ2n) is 6.81. The van der Waals surface area contributed by atoms with E-state index < -0.39 is 14.8 Å². The van der Waals surface area contributed by atoms with Crippen molar-refractivity contribution < 1.29 is 19.6 Å². The SMILES string of the molecule is CCCCC/C(=C\C/C(=C\C/C=C(\CCCCCC[C]=O)[N+](=O)[O-])[N+](=O)[O-])[N+](=O)[O-]. The molecule has 0 N–H and O–H groups in total. The Morgan fingerprint density at radius 2 is 1.23 bits per heavy atom. The van der Waals surface area contributed by atoms with Gasteiger partial charge in [0.05, 0.1) is 21.2 Å². The van der Waals surface area contributed by atoms with Crippen LogP contribution in [0.5, 0.6) is 0 Å². The summed E-state index contributed by atoms with van der Waals surface area (Å²) in [6, 6.07) is 0. The molecule has 0 saturated heterocycles. The highest BCUT2D eigenvalue weighted by molar-refractivity contribution is 5.50. The number of nitro groups is 3. The van der Waals surface area contributed by atoms with Crippen LogP contribution in [0.3, 0.4) is 0 Å². The fraction of sp³-hybridized carbons (Fsp3) is 0.650. The van der Waals surface area contributed by atoms with Gasteiger partial charge in [-0.05, 0) is 43.9 Å². The molecule has 0 aromatic rings. The van der Waals surface area contributed by atoms with Gasteiger partial charge in [0.1, 0.15) is 0 Å². The number of hydrogen-bond acceptors (Lipinski definition) is 7. The van der Waals surface area contributed by atoms with Gasteiger partial charge in [0.2, 0.25) is 17.1 Å². The highest BCUT2D eigenvalue weighted by Gasteiger charge is 2.15. The molecule has 10 heteroatoms. The quantitative estimate of drug-likeness (QED) is 0.165. The van der Waals surface area contributed by atoms with E-state index in [-0.39, 0.29) is 42.8 Å². The van der Waals surface area contributed by atoms with Gasteiger partial charge in [0.25, 0.3) is 0 Å². The van der Waals surface area contributed by atoms with Gasteiger partial charge >= 0.3 is 0 Å². The van der Waals surface area contributed by atoms with Crippen LogP contribution in [0.15, 0.2) is 35.3 Å². The standard InChI is InChI=1S/C20H30N3O7/c1-2-3-7-11-19(22(27)28)15-16-20(23(29)30)14-10-13-18(21(25)26)12-8-5-4-6-9-17-24/h13-15H,2-12,16H2,1H3/b18-13+,19-15+,20-14+. The number of allylic oxidation sites excluding steroid dienone is 5. The van der Waals surface area contributed by atoms with Gasteiger partial charge in [-0.3, -0.25) is 35.1 Å². The second-order valence-corrected chi connectivity index (χ2v) is 6.81. The second kappa shape index (κ2) is 17.0. The number of unbranched alkanes of at least 4 members (excludes halogenated alkanes) is 6. The molecule has 167 valence electrons. The summed E-state index contributed by atoms with van der Waals surface area (Å²) in [5, 5.41) is 33.4. The Bertz CT molecular complexity index is 669. The number of hydrogen-bond donors (Lipinski definition) is 0. The van der Waals surface area contributed by atoms with E-state index in [0.29, 0.717) is 25.7 Å². The first-order chi connectivity index (χ1) is 14.3. The third kappa shape index (κ3) is 13.3. The summed E-state index contributed by atoms with van der Waals surface area (Å²) in [7, 11) is 0. The molecule has 0 fully saturated rings. The lowest BCUT2D eigenvalue weighted by atomic mass is 10.1. The van der Waals surface area contributed by atoms with E-state index in [9.17, 15) is 35.1 Å². The van der Waals surface area contributed by atoms with Gasteiger partial charge in [0, 0.05) is 19.3 Å². The molecule has 0 atom stereocenters. The molecule has 0 amide bonds. The minimum absolute atomic E-state index is 0.00417. The predicted octanol–water partition coefficient (Wildman–Crippen LogP) is 5.28. The molecule has 0 aliphatic carbocycles. The normalized spacial score (nSPS) is 12.6. The minimum Gasteiger partial charge on any atom is -0.291 e. The smallest absolute Gasteiger partial charge is 0.246 e. The molecule has 1 radical (unpaired) electrons. The molecule has 0 aliphatic heterocycles. The van der Waals surface area contributed by atoms with E-state index in [4.69, 9.17) is 0 Å². The van der Waals surface area contributed by atoms with Crippen LogP contribution >= 0.6 is 0 Å². The van der Waals surface area contributed by atoms with Crippen LogP contribution in [0.1, 0.15) is 84.0 Å². The Balaban J connectivity index is 4.92. The summed E-state index contributed by atoms with van der Waals surface area (Å²) < 4.78 is 0. The van der Waals surface area contributed by atoms with Crippen LogP contribution in [0, 0.1) is 30.3 Å². The molecule has 0 aromatic heterocycles. The summed E-state index contributed by atoms with van der Waals surface area (Å²) >= 11 is 0. The lowest BCUT2D eigenvalue weighted by Gasteiger charge is -2.00. The van der Waals surface area contributed by atoms with Crippen molar-refractivity contribution in [3.8, 4) is 0 Å². The molecule has 10 nitrogen and oxygen atoms in total. The van der Waals surface area contributed by atoms with Gasteiger partial charge in [-0.15, -0.1) is 0 Å². The third-order valence-electron chi connectivity index (χ3n) is 4.46. The van der Waals surface area contributed by atoms with E-state index in [0.717, 1.165) is 25.7 Å². The Kier molecular flexibility index (Phi) is 15.3. The predicted molar refractivity (Wildman–Crippen MR) is 112 cm³/mol. The molecule has 30 heavy (non-hydrogen) atoms. The highest BCUT2D eigenvalue weighted by Crippen LogP contribution is 2.16. The number of nitrogens with zero attached hydrogens (tertiary/aromatic N) is 3. The molecule has 0 unspecified atom stereocenters. The molecular formula is C20H30N3O7. The summed E-state index contributed by atoms with van der Waals surface area (Å²) in [5.74, 6) is 0. The molecular weight excluding hydrogens is 394 g/mol. The Morgan fingerprint density at radius 1 is 0.733 bits per heavy atom. The van der Waals surface area contributed by atoms with E-state index >= 15 is 0 Å². The van der Waals surface area contributed by atoms with E-state index in [1.54, 1.807) is 6.29 Å². The number of rotatable bonds is 18. The van der Waals surface area contributed by atoms with E-state index in [2.05, 4.69) is 0 Å². The van der Waals surface area contributed by atoms with Crippen LogP contribution in [0.25, 0.3) is 0 Å². The van der Waals surface area contributed by atoms with Gasteiger partial charge in [-0.25, -0.2) is 0 Å². The van der Waals surface area contributed by atoms with Gasteiger partial charge in [0.15, 0.2) is 6.29 Å². The fourth-order valence-corrected chi connectivity index (χ4v) is 2.73. The Labute approximate surface area is 176 Å². The molecule has 0 spiro atoms. The van der Waals surface area contributed by atoms with Crippen molar-refractivity contribution in [3.05, 3.63) is 65.7 Å². The van der Waals surface area contributed by atoms with Crippen molar-refractivity contribution in [3.63, 3.8) is 0 Å². The first-order valence-electron chi connectivity index (χ1n) is 10.2. The van der Waals surface area contributed by atoms with Crippen LogP contribution in [0.4, 0.5) is 0 Å². The van der Waals surface area contributed by atoms with E-state index in [1.807, 2.05) is 6.92 Å². The molecule has 0 rings (SSSR count). The maximum atomic E-state index is 11.2. The lowest BCUT2D eigenvalue weighted by Crippen LogP contribution is -2.02. The van der Waals surface area contributed by atoms with Crippen LogP contribution in [-0.4, -0.2) is 21.1 Å². The number of carbonyl (C=O) groups excluding carboxylic acids is 1. The maximum absolute atomic E-state index is 11.2. The van der Waals surface area contributed by atoms with Crippen molar-refractivity contribution in [1.82, 2.24) is 0 Å². The van der Waals surface area contributed by atoms with Crippen molar-refractivity contribution >= 4 is 6.29 Å². The van der Waals surface area contributed by atoms with Crippen LogP contribution < -0.4 is 0 Å². The molecule has 0 saturated carbocycles. The monoisotopic (exact) mass is 424 g/mol. The van der Waals surface area contributed by atoms with Crippen molar-refractivity contribution in [2.24, 2.45) is 0 Å². The summed E-state index contributed by atoms with van der Waals surface area (Å²) in [4.78, 5) is 41.9. The lowest BCUT2D eigenvalue weighted by molar-refractivity contribution is -0.432. The van der Waals surface area contributed by atoms with Crippen molar-refractivity contribution in [1.29, 1.82) is 0 Å². The van der Waals surface area contributed by atoms with Crippen molar-refractivity contribution in [2.45, 2.75) is 84.0 Å². The average molecular weight is 424 g/mol. The average Bonchev–Trinajstić information content (AvgIpc) is 2.69. The largest absolute Gasteiger partial charge is 0.291 e. The molecule has 0 aliphatic rings. The first kappa shape index (κ1) is 27.1. The minimum atomic E-state index is -0.621. The Morgan fingerprint density at radius 3 is 1.77 bits per heavy atom. The molecule has 0 bridgehead atoms. The topological polar surface area (TPSA) is 146 Å². The summed E-state index contributed by atoms with van der Waals surface area (Å²) in [6.45, 7) is 1.97. The highest BCUT2D eigenvalue weighted by atomic mass is 16.6. The van der Waals surface area contributed by atoms with Crippen LogP contribution in [0.2, 0.25) is 0 Å². The summed E-state index contributed by atoms with van der Waals surface area (Å²) in [6.07, 6.45) is 11.5. The maximum Gasteiger partial charge on any atom is 0.246 e. The zero-order chi connectivity index (χ0) is 22.8. The summed E-state index contributed by atoms with van der Waals surface area (Å²) in [5.41, 5.74) is -0.296. The zero-order valence-electron chi connectivity index (χ0n) is 17.4. The van der Waals surface area contributed by atoms with Gasteiger partial charge in [-0.1, -0.05) is 32.6 Å². The Hall–Kier alpha value is -2.91. The fourth-order valence-electron chi connectivity index (χ4n) is 2.73. The van der Waals surface area contributed by atoms with Gasteiger partial charge in [-0.2, -0.15) is 0 Å².